The summed E-state index contributed by atoms with van der Waals surface area (Å²) >= 11 is 0. The van der Waals surface area contributed by atoms with Crippen molar-refractivity contribution in [2.45, 2.75) is 110 Å². The molecule has 1 saturated carbocycles. The molecule has 3 N–H and O–H groups in total. The van der Waals surface area contributed by atoms with E-state index in [-0.39, 0.29) is 11.8 Å². The van der Waals surface area contributed by atoms with Gasteiger partial charge in [0.2, 0.25) is 17.8 Å². The number of aliphatic imine (C=N–C) groups is 1. The number of nitrogens with one attached hydrogen (secondary N) is 1. The molecule has 2 aliphatic rings. The lowest BCUT2D eigenvalue weighted by atomic mass is 9.95. The number of hydrogen-bond donors (Lipinski definition) is 2. The molecule has 212 valence electrons. The SMILES string of the molecule is CCCCCN(CCCCC)C1=Nc2ccc(OCCCC(N)=O)cc2CN1CC(=O)NC1CCCCC1. The highest BCUT2D eigenvalue weighted by atomic mass is 16.5. The minimum absolute atomic E-state index is 0.0778. The number of primary amides is 1. The van der Waals surface area contributed by atoms with Gasteiger partial charge >= 0.3 is 0 Å². The molecule has 38 heavy (non-hydrogen) atoms. The Bertz CT molecular complexity index is 903. The Morgan fingerprint density at radius 1 is 1.05 bits per heavy atom. The molecule has 1 aromatic carbocycles. The number of benzene rings is 1. The van der Waals surface area contributed by atoms with Crippen LogP contribution in [0.2, 0.25) is 0 Å². The summed E-state index contributed by atoms with van der Waals surface area (Å²) in [5, 5.41) is 3.29. The molecule has 8 heteroatoms. The lowest BCUT2D eigenvalue weighted by molar-refractivity contribution is -0.122. The molecular weight excluding hydrogens is 478 g/mol. The van der Waals surface area contributed by atoms with E-state index in [0.29, 0.717) is 38.6 Å². The third-order valence-corrected chi connectivity index (χ3v) is 7.40. The van der Waals surface area contributed by atoms with Crippen LogP contribution < -0.4 is 15.8 Å². The van der Waals surface area contributed by atoms with Crippen molar-refractivity contribution < 1.29 is 14.3 Å². The molecular formula is C30H49N5O3. The van der Waals surface area contributed by atoms with Gasteiger partial charge in [-0.25, -0.2) is 4.99 Å². The van der Waals surface area contributed by atoms with Gasteiger partial charge in [-0.05, 0) is 50.3 Å². The van der Waals surface area contributed by atoms with Gasteiger partial charge in [-0.2, -0.15) is 0 Å². The molecule has 1 heterocycles. The highest BCUT2D eigenvalue weighted by Gasteiger charge is 2.27. The third-order valence-electron chi connectivity index (χ3n) is 7.40. The fourth-order valence-corrected chi connectivity index (χ4v) is 5.29. The van der Waals surface area contributed by atoms with E-state index in [2.05, 4.69) is 29.0 Å². The summed E-state index contributed by atoms with van der Waals surface area (Å²) in [4.78, 5) is 33.9. The number of rotatable bonds is 16. The van der Waals surface area contributed by atoms with Gasteiger partial charge in [0, 0.05) is 37.7 Å². The number of hydrogen-bond acceptors (Lipinski definition) is 6. The predicted molar refractivity (Wildman–Crippen MR) is 154 cm³/mol. The first-order valence-electron chi connectivity index (χ1n) is 14.9. The summed E-state index contributed by atoms with van der Waals surface area (Å²) in [6, 6.07) is 6.26. The van der Waals surface area contributed by atoms with Crippen molar-refractivity contribution in [3.8, 4) is 5.75 Å². The minimum Gasteiger partial charge on any atom is -0.494 e. The molecule has 0 spiro atoms. The fraction of sp³-hybridized carbons (Fsp3) is 0.700. The molecule has 0 unspecified atom stereocenters. The Hall–Kier alpha value is -2.77. The molecule has 0 radical (unpaired) electrons. The van der Waals surface area contributed by atoms with Crippen LogP contribution >= 0.6 is 0 Å². The standard InChI is InChI=1S/C30H49N5O3/c1-3-5-10-18-34(19-11-6-4-2)30-33-27-17-16-26(38-20-12-15-28(31)36)21-24(27)22-35(30)23-29(37)32-25-13-8-7-9-14-25/h16-17,21,25H,3-15,18-20,22-23H2,1-2H3,(H2,31,36)(H,32,37). The first-order chi connectivity index (χ1) is 18.5. The highest BCUT2D eigenvalue weighted by Crippen LogP contribution is 2.31. The van der Waals surface area contributed by atoms with E-state index < -0.39 is 0 Å². The molecule has 1 aliphatic heterocycles. The molecule has 0 atom stereocenters. The Morgan fingerprint density at radius 2 is 1.76 bits per heavy atom. The number of carbonyl (C=O) groups is 2. The molecule has 1 fully saturated rings. The Morgan fingerprint density at radius 3 is 2.42 bits per heavy atom. The maximum atomic E-state index is 13.2. The molecule has 2 amide bonds. The maximum absolute atomic E-state index is 13.2. The van der Waals surface area contributed by atoms with Crippen molar-refractivity contribution in [2.24, 2.45) is 10.7 Å². The largest absolute Gasteiger partial charge is 0.494 e. The van der Waals surface area contributed by atoms with Gasteiger partial charge in [-0.3, -0.25) is 9.59 Å². The van der Waals surface area contributed by atoms with Crippen molar-refractivity contribution in [1.82, 2.24) is 15.1 Å². The second-order valence-corrected chi connectivity index (χ2v) is 10.8. The Balaban J connectivity index is 1.78. The molecule has 8 nitrogen and oxygen atoms in total. The third kappa shape index (κ3) is 9.84. The smallest absolute Gasteiger partial charge is 0.239 e. The van der Waals surface area contributed by atoms with Gasteiger partial charge in [-0.1, -0.05) is 58.8 Å². The van der Waals surface area contributed by atoms with Gasteiger partial charge in [0.15, 0.2) is 0 Å². The summed E-state index contributed by atoms with van der Waals surface area (Å²) in [5.74, 6) is 1.43. The molecule has 1 aromatic rings. The molecule has 0 aromatic heterocycles. The van der Waals surface area contributed by atoms with E-state index in [1.165, 1.54) is 44.9 Å². The maximum Gasteiger partial charge on any atom is 0.239 e. The van der Waals surface area contributed by atoms with Gasteiger partial charge in [0.05, 0.1) is 12.3 Å². The normalized spacial score (nSPS) is 15.5. The van der Waals surface area contributed by atoms with Gasteiger partial charge in [-0.15, -0.1) is 0 Å². The fourth-order valence-electron chi connectivity index (χ4n) is 5.29. The zero-order valence-electron chi connectivity index (χ0n) is 23.7. The molecule has 1 aliphatic carbocycles. The molecule has 0 saturated heterocycles. The van der Waals surface area contributed by atoms with Crippen molar-refractivity contribution >= 4 is 23.5 Å². The summed E-state index contributed by atoms with van der Waals surface area (Å²) in [6.07, 6.45) is 13.7. The topological polar surface area (TPSA) is 100 Å². The van der Waals surface area contributed by atoms with E-state index in [1.54, 1.807) is 0 Å². The number of unbranched alkanes of at least 4 members (excludes halogenated alkanes) is 4. The summed E-state index contributed by atoms with van der Waals surface area (Å²) < 4.78 is 5.88. The van der Waals surface area contributed by atoms with Crippen molar-refractivity contribution in [3.63, 3.8) is 0 Å². The number of carbonyl (C=O) groups excluding carboxylic acids is 2. The summed E-state index contributed by atoms with van der Waals surface area (Å²) in [7, 11) is 0. The zero-order valence-corrected chi connectivity index (χ0v) is 23.7. The number of fused-ring (bicyclic) bond motifs is 1. The lowest BCUT2D eigenvalue weighted by Crippen LogP contribution is -2.50. The van der Waals surface area contributed by atoms with E-state index in [4.69, 9.17) is 15.5 Å². The average molecular weight is 528 g/mol. The van der Waals surface area contributed by atoms with Gasteiger partial charge in [0.25, 0.3) is 0 Å². The van der Waals surface area contributed by atoms with Crippen LogP contribution in [0, 0.1) is 0 Å². The highest BCUT2D eigenvalue weighted by molar-refractivity contribution is 5.89. The quantitative estimate of drug-likeness (QED) is 0.286. The van der Waals surface area contributed by atoms with E-state index in [1.807, 2.05) is 18.2 Å². The van der Waals surface area contributed by atoms with E-state index >= 15 is 0 Å². The number of nitrogens with zero attached hydrogens (tertiary/aromatic N) is 3. The Labute approximate surface area is 229 Å². The first-order valence-corrected chi connectivity index (χ1v) is 14.9. The van der Waals surface area contributed by atoms with Crippen molar-refractivity contribution in [1.29, 1.82) is 0 Å². The zero-order chi connectivity index (χ0) is 27.2. The summed E-state index contributed by atoms with van der Waals surface area (Å²) in [6.45, 7) is 7.71. The number of nitrogens with two attached hydrogens (primary N) is 1. The van der Waals surface area contributed by atoms with Crippen molar-refractivity contribution in [3.05, 3.63) is 23.8 Å². The van der Waals surface area contributed by atoms with Crippen LogP contribution in [0.25, 0.3) is 0 Å². The summed E-state index contributed by atoms with van der Waals surface area (Å²) in [5.41, 5.74) is 7.22. The predicted octanol–water partition coefficient (Wildman–Crippen LogP) is 5.27. The number of amides is 2. The molecule has 3 rings (SSSR count). The van der Waals surface area contributed by atoms with Crippen LogP contribution in [-0.2, 0) is 16.1 Å². The van der Waals surface area contributed by atoms with Crippen LogP contribution in [0.3, 0.4) is 0 Å². The minimum atomic E-state index is -0.314. The Kier molecular flexibility index (Phi) is 12.7. The van der Waals surface area contributed by atoms with E-state index in [9.17, 15) is 9.59 Å². The number of ether oxygens (including phenoxy) is 1. The van der Waals surface area contributed by atoms with Crippen LogP contribution in [0.1, 0.15) is 103 Å². The van der Waals surface area contributed by atoms with E-state index in [0.717, 1.165) is 61.7 Å². The monoisotopic (exact) mass is 527 g/mol. The molecule has 0 bridgehead atoms. The lowest BCUT2D eigenvalue weighted by Gasteiger charge is -2.37. The van der Waals surface area contributed by atoms with Crippen LogP contribution in [0.5, 0.6) is 5.75 Å². The van der Waals surface area contributed by atoms with Crippen LogP contribution in [0.4, 0.5) is 5.69 Å². The van der Waals surface area contributed by atoms with Crippen molar-refractivity contribution in [2.75, 3.05) is 26.2 Å². The second kappa shape index (κ2) is 16.2. The van der Waals surface area contributed by atoms with Gasteiger partial charge in [0.1, 0.15) is 12.3 Å². The average Bonchev–Trinajstić information content (AvgIpc) is 2.90. The van der Waals surface area contributed by atoms with Crippen LogP contribution in [0.15, 0.2) is 23.2 Å². The van der Waals surface area contributed by atoms with Crippen LogP contribution in [-0.4, -0.2) is 59.9 Å². The second-order valence-electron chi connectivity index (χ2n) is 10.8. The number of guanidine groups is 1. The van der Waals surface area contributed by atoms with Gasteiger partial charge < -0.3 is 25.6 Å². The first kappa shape index (κ1) is 29.8.